The monoisotopic (exact) mass is 331 g/mol. The summed E-state index contributed by atoms with van der Waals surface area (Å²) in [6.45, 7) is 1.96. The van der Waals surface area contributed by atoms with Crippen LogP contribution in [0.25, 0.3) is 11.1 Å². The number of H-pyrrole nitrogens is 1. The molecule has 1 aliphatic rings. The fourth-order valence-electron chi connectivity index (χ4n) is 3.15. The maximum Gasteiger partial charge on any atom is 0.209 e. The van der Waals surface area contributed by atoms with Crippen molar-refractivity contribution < 1.29 is 13.5 Å². The average Bonchev–Trinajstić information content (AvgIpc) is 3.25. The zero-order valence-corrected chi connectivity index (χ0v) is 13.3. The smallest absolute Gasteiger partial charge is 0.209 e. The van der Waals surface area contributed by atoms with E-state index in [-0.39, 0.29) is 17.8 Å². The molecule has 0 spiro atoms. The van der Waals surface area contributed by atoms with Crippen LogP contribution in [0.4, 0.5) is 4.39 Å². The SMILES string of the molecule is CN(Cc1nc2cc(F)ccc2o1)C[C@H]1OCC[C@H]1c1ncn[nH]1. The first-order valence-corrected chi connectivity index (χ1v) is 7.89. The third-order valence-electron chi connectivity index (χ3n) is 4.29. The highest BCUT2D eigenvalue weighted by molar-refractivity contribution is 5.72. The second-order valence-corrected chi connectivity index (χ2v) is 6.09. The van der Waals surface area contributed by atoms with Crippen molar-refractivity contribution in [1.82, 2.24) is 25.1 Å². The highest BCUT2D eigenvalue weighted by atomic mass is 19.1. The van der Waals surface area contributed by atoms with Gasteiger partial charge in [-0.05, 0) is 25.6 Å². The van der Waals surface area contributed by atoms with E-state index in [4.69, 9.17) is 9.15 Å². The van der Waals surface area contributed by atoms with Gasteiger partial charge >= 0.3 is 0 Å². The number of benzene rings is 1. The third-order valence-corrected chi connectivity index (χ3v) is 4.29. The van der Waals surface area contributed by atoms with Crippen molar-refractivity contribution in [1.29, 1.82) is 0 Å². The van der Waals surface area contributed by atoms with Crippen molar-refractivity contribution in [3.05, 3.63) is 42.1 Å². The molecule has 7 nitrogen and oxygen atoms in total. The van der Waals surface area contributed by atoms with Crippen LogP contribution in [0, 0.1) is 5.82 Å². The molecule has 1 aromatic carbocycles. The quantitative estimate of drug-likeness (QED) is 0.771. The molecule has 2 atom stereocenters. The maximum absolute atomic E-state index is 13.2. The topological polar surface area (TPSA) is 80.1 Å². The molecule has 4 rings (SSSR count). The van der Waals surface area contributed by atoms with Crippen LogP contribution in [-0.4, -0.2) is 51.4 Å². The van der Waals surface area contributed by atoms with Gasteiger partial charge in [0.2, 0.25) is 5.89 Å². The molecule has 1 aliphatic heterocycles. The predicted molar refractivity (Wildman–Crippen MR) is 83.8 cm³/mol. The Kier molecular flexibility index (Phi) is 3.99. The molecule has 24 heavy (non-hydrogen) atoms. The lowest BCUT2D eigenvalue weighted by Gasteiger charge is -2.22. The summed E-state index contributed by atoms with van der Waals surface area (Å²) in [5, 5.41) is 6.85. The second-order valence-electron chi connectivity index (χ2n) is 6.09. The first-order chi connectivity index (χ1) is 11.7. The van der Waals surface area contributed by atoms with Crippen LogP contribution in [0.2, 0.25) is 0 Å². The van der Waals surface area contributed by atoms with Crippen molar-refractivity contribution in [3.63, 3.8) is 0 Å². The molecule has 2 aromatic heterocycles. The standard InChI is InChI=1S/C16H18FN5O2/c1-22(7-14-11(4-5-23-14)16-18-9-19-21-16)8-15-20-12-6-10(17)2-3-13(12)24-15/h2-3,6,9,11,14H,4-5,7-8H2,1H3,(H,18,19,21)/t11-,14-/m1/s1. The molecule has 0 amide bonds. The van der Waals surface area contributed by atoms with Crippen LogP contribution >= 0.6 is 0 Å². The molecule has 1 fully saturated rings. The van der Waals surface area contributed by atoms with E-state index in [9.17, 15) is 4.39 Å². The molecule has 8 heteroatoms. The molecular formula is C16H18FN5O2. The summed E-state index contributed by atoms with van der Waals surface area (Å²) >= 11 is 0. The van der Waals surface area contributed by atoms with Gasteiger partial charge in [0.15, 0.2) is 5.58 Å². The molecule has 0 aliphatic carbocycles. The lowest BCUT2D eigenvalue weighted by molar-refractivity contribution is 0.0690. The second kappa shape index (κ2) is 6.29. The molecule has 1 N–H and O–H groups in total. The molecule has 1 saturated heterocycles. The van der Waals surface area contributed by atoms with Crippen LogP contribution in [0.3, 0.4) is 0 Å². The number of nitrogens with zero attached hydrogens (tertiary/aromatic N) is 4. The molecule has 0 saturated carbocycles. The Hall–Kier alpha value is -2.32. The largest absolute Gasteiger partial charge is 0.439 e. The minimum absolute atomic E-state index is 0.0461. The van der Waals surface area contributed by atoms with Gasteiger partial charge in [-0.3, -0.25) is 10.00 Å². The van der Waals surface area contributed by atoms with Crippen LogP contribution in [0.15, 0.2) is 28.9 Å². The number of hydrogen-bond donors (Lipinski definition) is 1. The highest BCUT2D eigenvalue weighted by Gasteiger charge is 2.32. The fourth-order valence-corrected chi connectivity index (χ4v) is 3.15. The summed E-state index contributed by atoms with van der Waals surface area (Å²) in [6, 6.07) is 4.35. The highest BCUT2D eigenvalue weighted by Crippen LogP contribution is 2.29. The van der Waals surface area contributed by atoms with Gasteiger partial charge in [-0.15, -0.1) is 0 Å². The number of nitrogens with one attached hydrogen (secondary N) is 1. The molecule has 3 aromatic rings. The van der Waals surface area contributed by atoms with Crippen LogP contribution < -0.4 is 0 Å². The van der Waals surface area contributed by atoms with Gasteiger partial charge in [0.1, 0.15) is 23.5 Å². The predicted octanol–water partition coefficient (Wildman–Crippen LogP) is 2.09. The Labute approximate surface area is 137 Å². The number of aromatic nitrogens is 4. The molecule has 0 radical (unpaired) electrons. The van der Waals surface area contributed by atoms with Crippen molar-refractivity contribution in [2.24, 2.45) is 0 Å². The summed E-state index contributed by atoms with van der Waals surface area (Å²) < 4.78 is 24.7. The Morgan fingerprint density at radius 2 is 2.33 bits per heavy atom. The number of hydrogen-bond acceptors (Lipinski definition) is 6. The van der Waals surface area contributed by atoms with Gasteiger partial charge in [-0.2, -0.15) is 5.10 Å². The Bertz CT molecular complexity index is 819. The van der Waals surface area contributed by atoms with Gasteiger partial charge in [0.05, 0.1) is 12.6 Å². The Balaban J connectivity index is 1.42. The first kappa shape index (κ1) is 15.2. The first-order valence-electron chi connectivity index (χ1n) is 7.89. The van der Waals surface area contributed by atoms with Gasteiger partial charge in [0.25, 0.3) is 0 Å². The van der Waals surface area contributed by atoms with Gasteiger partial charge < -0.3 is 9.15 Å². The summed E-state index contributed by atoms with van der Waals surface area (Å²) in [5.74, 6) is 1.33. The van der Waals surface area contributed by atoms with Crippen LogP contribution in [0.5, 0.6) is 0 Å². The van der Waals surface area contributed by atoms with Gasteiger partial charge in [-0.25, -0.2) is 14.4 Å². The summed E-state index contributed by atoms with van der Waals surface area (Å²) in [7, 11) is 1.98. The van der Waals surface area contributed by atoms with Crippen LogP contribution in [0.1, 0.15) is 24.1 Å². The van der Waals surface area contributed by atoms with E-state index >= 15 is 0 Å². The average molecular weight is 331 g/mol. The number of oxazole rings is 1. The van der Waals surface area contributed by atoms with E-state index < -0.39 is 0 Å². The number of rotatable bonds is 5. The number of ether oxygens (including phenoxy) is 1. The van der Waals surface area contributed by atoms with E-state index in [0.29, 0.717) is 30.1 Å². The molecular weight excluding hydrogens is 313 g/mol. The zero-order valence-electron chi connectivity index (χ0n) is 13.3. The lowest BCUT2D eigenvalue weighted by atomic mass is 10.0. The lowest BCUT2D eigenvalue weighted by Crippen LogP contribution is -2.32. The van der Waals surface area contributed by atoms with Crippen molar-refractivity contribution in [3.8, 4) is 0 Å². The van der Waals surface area contributed by atoms with Crippen molar-refractivity contribution >= 4 is 11.1 Å². The van der Waals surface area contributed by atoms with E-state index in [1.807, 2.05) is 7.05 Å². The minimum atomic E-state index is -0.315. The fraction of sp³-hybridized carbons (Fsp3) is 0.438. The third kappa shape index (κ3) is 3.02. The summed E-state index contributed by atoms with van der Waals surface area (Å²) in [5.41, 5.74) is 1.13. The summed E-state index contributed by atoms with van der Waals surface area (Å²) in [4.78, 5) is 10.7. The number of aromatic amines is 1. The Morgan fingerprint density at radius 3 is 3.17 bits per heavy atom. The number of fused-ring (bicyclic) bond motifs is 1. The molecule has 126 valence electrons. The maximum atomic E-state index is 13.2. The summed E-state index contributed by atoms with van der Waals surface area (Å²) in [6.07, 6.45) is 2.49. The van der Waals surface area contributed by atoms with E-state index in [0.717, 1.165) is 18.8 Å². The molecule has 0 unspecified atom stereocenters. The van der Waals surface area contributed by atoms with Crippen LogP contribution in [-0.2, 0) is 11.3 Å². The molecule has 0 bridgehead atoms. The van der Waals surface area contributed by atoms with Crippen molar-refractivity contribution in [2.45, 2.75) is 25.0 Å². The van der Waals surface area contributed by atoms with Gasteiger partial charge in [-0.1, -0.05) is 0 Å². The molecule has 3 heterocycles. The van der Waals surface area contributed by atoms with Crippen molar-refractivity contribution in [2.75, 3.05) is 20.2 Å². The van der Waals surface area contributed by atoms with E-state index in [2.05, 4.69) is 25.1 Å². The van der Waals surface area contributed by atoms with E-state index in [1.54, 1.807) is 6.07 Å². The normalized spacial score (nSPS) is 21.1. The number of likely N-dealkylation sites (N-methyl/N-ethyl adjacent to an activating group) is 1. The Morgan fingerprint density at radius 1 is 1.42 bits per heavy atom. The zero-order chi connectivity index (χ0) is 16.5. The number of halogens is 1. The van der Waals surface area contributed by atoms with Gasteiger partial charge in [0, 0.05) is 25.1 Å². The van der Waals surface area contributed by atoms with E-state index in [1.165, 1.54) is 18.5 Å². The minimum Gasteiger partial charge on any atom is -0.439 e.